The molecule has 0 unspecified atom stereocenters. The van der Waals surface area contributed by atoms with Crippen molar-refractivity contribution < 1.29 is 18.7 Å². The van der Waals surface area contributed by atoms with Gasteiger partial charge in [0.1, 0.15) is 24.0 Å². The van der Waals surface area contributed by atoms with Crippen molar-refractivity contribution in [3.8, 4) is 17.6 Å². The molecular formula is C18H13NO4. The van der Waals surface area contributed by atoms with Crippen molar-refractivity contribution in [3.05, 3.63) is 59.9 Å². The Hall–Kier alpha value is -3.26. The predicted octanol–water partition coefficient (Wildman–Crippen LogP) is 3.81. The topological polar surface area (TPSA) is 72.5 Å². The summed E-state index contributed by atoms with van der Waals surface area (Å²) in [5.74, 6) is 0.236. The van der Waals surface area contributed by atoms with Crippen LogP contribution in [0, 0.1) is 11.3 Å². The number of ether oxygens (including phenoxy) is 2. The molecule has 0 aliphatic rings. The van der Waals surface area contributed by atoms with E-state index in [0.29, 0.717) is 12.4 Å². The SMILES string of the molecule is CC(=O)Oc1cc(OCc2ccc3occc3c2)ccc1C#N. The lowest BCUT2D eigenvalue weighted by Crippen LogP contribution is -2.03. The van der Waals surface area contributed by atoms with Gasteiger partial charge in [0.15, 0.2) is 5.75 Å². The Morgan fingerprint density at radius 2 is 2.09 bits per heavy atom. The van der Waals surface area contributed by atoms with E-state index in [1.165, 1.54) is 13.0 Å². The Labute approximate surface area is 132 Å². The highest BCUT2D eigenvalue weighted by Crippen LogP contribution is 2.26. The van der Waals surface area contributed by atoms with Gasteiger partial charge in [0.05, 0.1) is 11.8 Å². The summed E-state index contributed by atoms with van der Waals surface area (Å²) in [6.45, 7) is 1.64. The largest absolute Gasteiger partial charge is 0.489 e. The molecule has 1 aromatic heterocycles. The third kappa shape index (κ3) is 3.33. The number of hydrogen-bond donors (Lipinski definition) is 0. The number of nitriles is 1. The first-order valence-corrected chi connectivity index (χ1v) is 6.97. The molecule has 0 aliphatic carbocycles. The van der Waals surface area contributed by atoms with E-state index in [9.17, 15) is 4.79 Å². The first kappa shape index (κ1) is 14.7. The third-order valence-electron chi connectivity index (χ3n) is 3.25. The molecule has 0 saturated carbocycles. The van der Waals surface area contributed by atoms with Crippen LogP contribution in [0.2, 0.25) is 0 Å². The Bertz CT molecular complexity index is 905. The van der Waals surface area contributed by atoms with Gasteiger partial charge in [-0.2, -0.15) is 5.26 Å². The Balaban J connectivity index is 1.77. The summed E-state index contributed by atoms with van der Waals surface area (Å²) in [6, 6.07) is 14.4. The maximum atomic E-state index is 11.1. The van der Waals surface area contributed by atoms with Gasteiger partial charge in [-0.25, -0.2) is 0 Å². The fourth-order valence-corrected chi connectivity index (χ4v) is 2.20. The van der Waals surface area contributed by atoms with Gasteiger partial charge in [-0.1, -0.05) is 6.07 Å². The molecule has 0 fully saturated rings. The average molecular weight is 307 g/mol. The number of hydrogen-bond acceptors (Lipinski definition) is 5. The van der Waals surface area contributed by atoms with Crippen molar-refractivity contribution in [2.75, 3.05) is 0 Å². The summed E-state index contributed by atoms with van der Waals surface area (Å²) in [4.78, 5) is 11.1. The number of furan rings is 1. The Kier molecular flexibility index (Phi) is 3.98. The molecule has 0 amide bonds. The van der Waals surface area contributed by atoms with Crippen molar-refractivity contribution in [2.24, 2.45) is 0 Å². The molecule has 0 atom stereocenters. The molecule has 2 aromatic carbocycles. The van der Waals surface area contributed by atoms with Crippen LogP contribution in [-0.4, -0.2) is 5.97 Å². The summed E-state index contributed by atoms with van der Waals surface area (Å²) in [6.07, 6.45) is 1.64. The minimum absolute atomic E-state index is 0.197. The lowest BCUT2D eigenvalue weighted by atomic mass is 10.2. The quantitative estimate of drug-likeness (QED) is 0.541. The highest BCUT2D eigenvalue weighted by Gasteiger charge is 2.08. The lowest BCUT2D eigenvalue weighted by molar-refractivity contribution is -0.131. The van der Waals surface area contributed by atoms with Crippen molar-refractivity contribution in [2.45, 2.75) is 13.5 Å². The van der Waals surface area contributed by atoms with Crippen molar-refractivity contribution in [1.29, 1.82) is 5.26 Å². The molecule has 0 radical (unpaired) electrons. The Morgan fingerprint density at radius 1 is 1.22 bits per heavy atom. The summed E-state index contributed by atoms with van der Waals surface area (Å²) >= 11 is 0. The molecule has 114 valence electrons. The van der Waals surface area contributed by atoms with Gasteiger partial charge < -0.3 is 13.9 Å². The van der Waals surface area contributed by atoms with E-state index in [1.807, 2.05) is 30.3 Å². The summed E-state index contributed by atoms with van der Waals surface area (Å²) in [5.41, 5.74) is 2.09. The number of fused-ring (bicyclic) bond motifs is 1. The van der Waals surface area contributed by atoms with Gasteiger partial charge in [-0.15, -0.1) is 0 Å². The standard InChI is InChI=1S/C18H13NO4/c1-12(20)23-18-9-16(4-3-15(18)10-19)22-11-13-2-5-17-14(8-13)6-7-21-17/h2-9H,11H2,1H3. The van der Waals surface area contributed by atoms with E-state index in [2.05, 4.69) is 0 Å². The number of carbonyl (C=O) groups is 1. The van der Waals surface area contributed by atoms with E-state index < -0.39 is 5.97 Å². The van der Waals surface area contributed by atoms with Gasteiger partial charge in [0.2, 0.25) is 0 Å². The van der Waals surface area contributed by atoms with Crippen LogP contribution in [0.3, 0.4) is 0 Å². The molecular weight excluding hydrogens is 294 g/mol. The van der Waals surface area contributed by atoms with Crippen molar-refractivity contribution >= 4 is 16.9 Å². The molecule has 0 spiro atoms. The van der Waals surface area contributed by atoms with Crippen LogP contribution in [0.25, 0.3) is 11.0 Å². The smallest absolute Gasteiger partial charge is 0.308 e. The maximum absolute atomic E-state index is 11.1. The van der Waals surface area contributed by atoms with Crippen molar-refractivity contribution in [1.82, 2.24) is 0 Å². The molecule has 23 heavy (non-hydrogen) atoms. The number of rotatable bonds is 4. The van der Waals surface area contributed by atoms with E-state index >= 15 is 0 Å². The molecule has 3 aromatic rings. The second kappa shape index (κ2) is 6.24. The molecule has 3 rings (SSSR count). The van der Waals surface area contributed by atoms with Crippen LogP contribution >= 0.6 is 0 Å². The fourth-order valence-electron chi connectivity index (χ4n) is 2.20. The number of nitrogens with zero attached hydrogens (tertiary/aromatic N) is 1. The molecule has 0 bridgehead atoms. The molecule has 5 nitrogen and oxygen atoms in total. The van der Waals surface area contributed by atoms with E-state index in [4.69, 9.17) is 19.2 Å². The van der Waals surface area contributed by atoms with Crippen LogP contribution in [0.5, 0.6) is 11.5 Å². The maximum Gasteiger partial charge on any atom is 0.308 e. The highest BCUT2D eigenvalue weighted by molar-refractivity contribution is 5.77. The summed E-state index contributed by atoms with van der Waals surface area (Å²) in [5, 5.41) is 10.0. The van der Waals surface area contributed by atoms with Crippen LogP contribution in [0.15, 0.2) is 53.1 Å². The molecule has 5 heteroatoms. The molecule has 0 saturated heterocycles. The van der Waals surface area contributed by atoms with Gasteiger partial charge in [-0.3, -0.25) is 4.79 Å². The van der Waals surface area contributed by atoms with Gasteiger partial charge in [-0.05, 0) is 35.9 Å². The number of carbonyl (C=O) groups excluding carboxylic acids is 1. The highest BCUT2D eigenvalue weighted by atomic mass is 16.5. The van der Waals surface area contributed by atoms with Crippen molar-refractivity contribution in [3.63, 3.8) is 0 Å². The zero-order chi connectivity index (χ0) is 16.2. The number of esters is 1. The second-order valence-corrected chi connectivity index (χ2v) is 4.94. The average Bonchev–Trinajstić information content (AvgIpc) is 3.00. The van der Waals surface area contributed by atoms with E-state index in [-0.39, 0.29) is 11.3 Å². The normalized spacial score (nSPS) is 10.3. The zero-order valence-corrected chi connectivity index (χ0v) is 12.4. The summed E-state index contributed by atoms with van der Waals surface area (Å²) in [7, 11) is 0. The summed E-state index contributed by atoms with van der Waals surface area (Å²) < 4.78 is 16.0. The number of benzene rings is 2. The molecule has 1 heterocycles. The predicted molar refractivity (Wildman–Crippen MR) is 83.0 cm³/mol. The first-order valence-electron chi connectivity index (χ1n) is 6.97. The second-order valence-electron chi connectivity index (χ2n) is 4.94. The zero-order valence-electron chi connectivity index (χ0n) is 12.4. The minimum Gasteiger partial charge on any atom is -0.489 e. The van der Waals surface area contributed by atoms with Gasteiger partial charge in [0.25, 0.3) is 0 Å². The fraction of sp³-hybridized carbons (Fsp3) is 0.111. The minimum atomic E-state index is -0.482. The monoisotopic (exact) mass is 307 g/mol. The van der Waals surface area contributed by atoms with Crippen LogP contribution in [0.1, 0.15) is 18.1 Å². The molecule has 0 N–H and O–H groups in total. The lowest BCUT2D eigenvalue weighted by Gasteiger charge is -2.09. The van der Waals surface area contributed by atoms with Crippen LogP contribution in [0.4, 0.5) is 0 Å². The third-order valence-corrected chi connectivity index (χ3v) is 3.25. The first-order chi connectivity index (χ1) is 11.2. The van der Waals surface area contributed by atoms with E-state index in [1.54, 1.807) is 18.4 Å². The van der Waals surface area contributed by atoms with Gasteiger partial charge >= 0.3 is 5.97 Å². The van der Waals surface area contributed by atoms with Gasteiger partial charge in [0, 0.05) is 18.4 Å². The van der Waals surface area contributed by atoms with Crippen LogP contribution in [-0.2, 0) is 11.4 Å². The van der Waals surface area contributed by atoms with Crippen LogP contribution < -0.4 is 9.47 Å². The van der Waals surface area contributed by atoms with E-state index in [0.717, 1.165) is 16.5 Å². The Morgan fingerprint density at radius 3 is 2.87 bits per heavy atom. The molecule has 0 aliphatic heterocycles.